The zero-order valence-electron chi connectivity index (χ0n) is 21.9. The molecule has 0 aliphatic rings. The molecule has 3 rings (SSSR count). The fourth-order valence-electron chi connectivity index (χ4n) is 4.34. The Hall–Kier alpha value is -3.13. The maximum atomic E-state index is 14.3. The molecule has 0 heterocycles. The van der Waals surface area contributed by atoms with Crippen molar-refractivity contribution < 1.29 is 28.5 Å². The van der Waals surface area contributed by atoms with Crippen LogP contribution in [0.5, 0.6) is 0 Å². The van der Waals surface area contributed by atoms with Gasteiger partial charge in [0.25, 0.3) is 0 Å². The molecule has 0 aliphatic heterocycles. The number of benzene rings is 3. The molecule has 0 aliphatic carbocycles. The summed E-state index contributed by atoms with van der Waals surface area (Å²) in [6.07, 6.45) is -0.887. The van der Waals surface area contributed by atoms with Crippen LogP contribution in [0.15, 0.2) is 54.6 Å². The predicted molar refractivity (Wildman–Crippen MR) is 141 cm³/mol. The maximum Gasteiger partial charge on any atom is 0.335 e. The van der Waals surface area contributed by atoms with Crippen LogP contribution in [-0.2, 0) is 11.2 Å². The smallest absolute Gasteiger partial charge is 0.335 e. The molecule has 3 aromatic carbocycles. The quantitative estimate of drug-likeness (QED) is 0.294. The van der Waals surface area contributed by atoms with E-state index in [1.807, 2.05) is 51.1 Å². The van der Waals surface area contributed by atoms with Crippen molar-refractivity contribution in [3.05, 3.63) is 94.0 Å². The van der Waals surface area contributed by atoms with Gasteiger partial charge in [0.15, 0.2) is 11.6 Å². The minimum Gasteiger partial charge on any atom is -0.478 e. The van der Waals surface area contributed by atoms with Crippen molar-refractivity contribution in [2.75, 3.05) is 13.2 Å². The summed E-state index contributed by atoms with van der Waals surface area (Å²) >= 11 is 0. The first-order valence-electron chi connectivity index (χ1n) is 12.3. The maximum absolute atomic E-state index is 14.3. The van der Waals surface area contributed by atoms with E-state index in [1.54, 1.807) is 31.2 Å². The van der Waals surface area contributed by atoms with Crippen molar-refractivity contribution in [3.8, 4) is 11.1 Å². The molecule has 0 aromatic heterocycles. The molecule has 2 atom stereocenters. The van der Waals surface area contributed by atoms with Crippen LogP contribution in [0, 0.1) is 25.5 Å². The highest BCUT2D eigenvalue weighted by Gasteiger charge is 2.23. The summed E-state index contributed by atoms with van der Waals surface area (Å²) < 4.78 is 34.2. The lowest BCUT2D eigenvalue weighted by atomic mass is 9.93. The number of nitrogens with one attached hydrogen (secondary N) is 1. The summed E-state index contributed by atoms with van der Waals surface area (Å²) in [5, 5.41) is 23.1. The van der Waals surface area contributed by atoms with Crippen LogP contribution in [0.1, 0.15) is 59.5 Å². The van der Waals surface area contributed by atoms with Crippen molar-refractivity contribution in [1.82, 2.24) is 5.32 Å². The minimum absolute atomic E-state index is 0.0725. The summed E-state index contributed by atoms with van der Waals surface area (Å²) in [5.41, 5.74) is 3.63. The molecule has 37 heavy (non-hydrogen) atoms. The number of β-amino-alcohol motifs (C(OH)–C–C–N with tert-alkyl or cyclic N) is 1. The molecule has 198 valence electrons. The fraction of sp³-hybridized carbons (Fsp3) is 0.367. The lowest BCUT2D eigenvalue weighted by molar-refractivity contribution is -0.00398. The highest BCUT2D eigenvalue weighted by atomic mass is 19.2. The summed E-state index contributed by atoms with van der Waals surface area (Å²) in [4.78, 5) is 11.4. The molecule has 0 unspecified atom stereocenters. The normalized spacial score (nSPS) is 13.4. The van der Waals surface area contributed by atoms with Gasteiger partial charge in [0.1, 0.15) is 0 Å². The van der Waals surface area contributed by atoms with Gasteiger partial charge in [-0.3, -0.25) is 0 Å². The molecule has 3 aromatic rings. The van der Waals surface area contributed by atoms with Gasteiger partial charge in [-0.25, -0.2) is 13.6 Å². The average Bonchev–Trinajstić information content (AvgIpc) is 2.86. The zero-order chi connectivity index (χ0) is 27.3. The van der Waals surface area contributed by atoms with Crippen LogP contribution in [0.3, 0.4) is 0 Å². The van der Waals surface area contributed by atoms with E-state index in [4.69, 9.17) is 4.74 Å². The number of carboxylic acid groups (broad SMARTS) is 1. The predicted octanol–water partition coefficient (Wildman–Crippen LogP) is 6.00. The second kappa shape index (κ2) is 11.9. The molecule has 0 spiro atoms. The largest absolute Gasteiger partial charge is 0.478 e. The van der Waals surface area contributed by atoms with E-state index >= 15 is 0 Å². The molecular weight excluding hydrogens is 476 g/mol. The minimum atomic E-state index is -0.962. The zero-order valence-corrected chi connectivity index (χ0v) is 21.9. The van der Waals surface area contributed by atoms with E-state index in [-0.39, 0.29) is 42.4 Å². The number of aliphatic hydroxyl groups excluding tert-OH is 1. The van der Waals surface area contributed by atoms with Crippen LogP contribution >= 0.6 is 0 Å². The number of rotatable bonds is 11. The van der Waals surface area contributed by atoms with Gasteiger partial charge in [-0.2, -0.15) is 0 Å². The first-order chi connectivity index (χ1) is 17.4. The molecule has 0 fully saturated rings. The molecule has 7 heteroatoms. The van der Waals surface area contributed by atoms with Gasteiger partial charge in [-0.1, -0.05) is 48.5 Å². The van der Waals surface area contributed by atoms with Crippen molar-refractivity contribution in [3.63, 3.8) is 0 Å². The summed E-state index contributed by atoms with van der Waals surface area (Å²) in [5.74, 6) is -2.63. The number of aryl methyl sites for hydroxylation is 2. The summed E-state index contributed by atoms with van der Waals surface area (Å²) in [7, 11) is 0. The molecule has 3 N–H and O–H groups in total. The number of aromatic carboxylic acids is 1. The number of ether oxygens (including phenoxy) is 1. The third-order valence-corrected chi connectivity index (χ3v) is 6.51. The highest BCUT2D eigenvalue weighted by molar-refractivity contribution is 5.90. The molecule has 0 bridgehead atoms. The van der Waals surface area contributed by atoms with Gasteiger partial charge in [0.05, 0.1) is 24.4 Å². The van der Waals surface area contributed by atoms with Gasteiger partial charge in [-0.05, 0) is 80.5 Å². The van der Waals surface area contributed by atoms with Gasteiger partial charge in [-0.15, -0.1) is 0 Å². The van der Waals surface area contributed by atoms with E-state index < -0.39 is 29.2 Å². The standard InChI is InChI=1S/C30H35F2NO4/c1-18-10-11-22(28(32)27(18)31)15-30(4,5)33-16-23(34)17-37-20(3)25-8-6-7-9-26(25)21-12-13-24(29(35)36)19(2)14-21/h6-14,20,23,33-34H,15-17H2,1-5H3,(H,35,36)/t20-,23-/m1/s1. The lowest BCUT2D eigenvalue weighted by Crippen LogP contribution is -2.46. The number of halogens is 2. The van der Waals surface area contributed by atoms with Gasteiger partial charge < -0.3 is 20.3 Å². The van der Waals surface area contributed by atoms with Gasteiger partial charge in [0, 0.05) is 12.1 Å². The van der Waals surface area contributed by atoms with E-state index in [9.17, 15) is 23.8 Å². The monoisotopic (exact) mass is 511 g/mol. The summed E-state index contributed by atoms with van der Waals surface area (Å²) in [6, 6.07) is 16.1. The Kier molecular flexibility index (Phi) is 9.18. The summed E-state index contributed by atoms with van der Waals surface area (Å²) in [6.45, 7) is 9.22. The van der Waals surface area contributed by atoms with Crippen molar-refractivity contribution in [2.24, 2.45) is 0 Å². The van der Waals surface area contributed by atoms with E-state index in [0.29, 0.717) is 5.56 Å². The van der Waals surface area contributed by atoms with Crippen molar-refractivity contribution >= 4 is 5.97 Å². The first-order valence-corrected chi connectivity index (χ1v) is 12.3. The molecule has 0 radical (unpaired) electrons. The SMILES string of the molecule is Cc1cc(-c2ccccc2[C@@H](C)OC[C@H](O)CNC(C)(C)Cc2ccc(C)c(F)c2F)ccc1C(=O)O. The molecule has 0 saturated carbocycles. The Morgan fingerprint density at radius 1 is 1.03 bits per heavy atom. The number of hydrogen-bond donors (Lipinski definition) is 3. The third-order valence-electron chi connectivity index (χ3n) is 6.51. The molecule has 0 amide bonds. The van der Waals surface area contributed by atoms with Crippen LogP contribution in [0.25, 0.3) is 11.1 Å². The number of carbonyl (C=O) groups is 1. The van der Waals surface area contributed by atoms with Crippen LogP contribution in [0.2, 0.25) is 0 Å². The molecule has 5 nitrogen and oxygen atoms in total. The van der Waals surface area contributed by atoms with E-state index in [2.05, 4.69) is 5.32 Å². The van der Waals surface area contributed by atoms with E-state index in [0.717, 1.165) is 16.7 Å². The van der Waals surface area contributed by atoms with Gasteiger partial charge in [0.2, 0.25) is 0 Å². The Morgan fingerprint density at radius 2 is 1.73 bits per heavy atom. The second-order valence-electron chi connectivity index (χ2n) is 10.2. The third kappa shape index (κ3) is 7.22. The molecule has 0 saturated heterocycles. The Balaban J connectivity index is 1.60. The number of carboxylic acids is 1. The highest BCUT2D eigenvalue weighted by Crippen LogP contribution is 2.31. The Morgan fingerprint density at radius 3 is 2.41 bits per heavy atom. The van der Waals surface area contributed by atoms with Crippen molar-refractivity contribution in [1.29, 1.82) is 0 Å². The second-order valence-corrected chi connectivity index (χ2v) is 10.2. The fourth-order valence-corrected chi connectivity index (χ4v) is 4.34. The van der Waals surface area contributed by atoms with Gasteiger partial charge >= 0.3 is 5.97 Å². The number of aliphatic hydroxyl groups is 1. The number of hydrogen-bond acceptors (Lipinski definition) is 4. The molecular formula is C30H35F2NO4. The average molecular weight is 512 g/mol. The van der Waals surface area contributed by atoms with Crippen molar-refractivity contribution in [2.45, 2.75) is 58.8 Å². The Labute approximate surface area is 217 Å². The topological polar surface area (TPSA) is 78.8 Å². The van der Waals surface area contributed by atoms with E-state index in [1.165, 1.54) is 6.92 Å². The van der Waals surface area contributed by atoms with Crippen LogP contribution in [-0.4, -0.2) is 41.0 Å². The van der Waals surface area contributed by atoms with Crippen LogP contribution in [0.4, 0.5) is 8.78 Å². The lowest BCUT2D eigenvalue weighted by Gasteiger charge is -2.28. The van der Waals surface area contributed by atoms with Crippen LogP contribution < -0.4 is 5.32 Å². The Bertz CT molecular complexity index is 1260. The first kappa shape index (κ1) is 28.4.